The Kier molecular flexibility index (Phi) is 45.1. The fourth-order valence-electron chi connectivity index (χ4n) is 21.7. The zero-order valence-corrected chi connectivity index (χ0v) is 64.4. The highest BCUT2D eigenvalue weighted by Crippen LogP contribution is 2.62. The van der Waals surface area contributed by atoms with Crippen molar-refractivity contribution in [3.63, 3.8) is 0 Å². The first kappa shape index (κ1) is 82.9. The van der Waals surface area contributed by atoms with Gasteiger partial charge in [-0.1, -0.05) is 368 Å². The average molecular weight is 1240 g/mol. The van der Waals surface area contributed by atoms with Crippen molar-refractivity contribution in [2.75, 3.05) is 5.75 Å². The summed E-state index contributed by atoms with van der Waals surface area (Å²) in [5.41, 5.74) is 0.262. The Balaban J connectivity index is 3.39. The molecule has 0 spiro atoms. The lowest BCUT2D eigenvalue weighted by Crippen LogP contribution is -2.52. The zero-order valence-electron chi connectivity index (χ0n) is 62.6. The second kappa shape index (κ2) is 46.8. The summed E-state index contributed by atoms with van der Waals surface area (Å²) in [6, 6.07) is 0. The van der Waals surface area contributed by atoms with Gasteiger partial charge in [0.05, 0.1) is 7.85 Å². The summed E-state index contributed by atoms with van der Waals surface area (Å²) in [6.45, 7) is 47.6. The molecule has 0 aromatic rings. The smallest absolute Gasteiger partial charge is 0.0750 e. The van der Waals surface area contributed by atoms with Gasteiger partial charge in [-0.3, -0.25) is 0 Å². The van der Waals surface area contributed by atoms with Crippen LogP contribution in [0.25, 0.3) is 0 Å². The molecule has 2 aliphatic rings. The molecule has 2 saturated carbocycles. The van der Waals surface area contributed by atoms with Gasteiger partial charge in [0.1, 0.15) is 0 Å². The lowest BCUT2D eigenvalue weighted by Gasteiger charge is -2.57. The molecule has 19 atom stereocenters. The fourth-order valence-corrected chi connectivity index (χ4v) is 23.3. The molecule has 19 unspecified atom stereocenters. The van der Waals surface area contributed by atoms with Crippen LogP contribution >= 0.6 is 25.3 Å². The third-order valence-corrected chi connectivity index (χ3v) is 27.1. The van der Waals surface area contributed by atoms with Crippen molar-refractivity contribution in [1.82, 2.24) is 0 Å². The van der Waals surface area contributed by atoms with E-state index in [1.165, 1.54) is 283 Å². The van der Waals surface area contributed by atoms with Crippen LogP contribution < -0.4 is 0 Å². The van der Waals surface area contributed by atoms with E-state index < -0.39 is 0 Å². The minimum atomic E-state index is -0.333. The first-order chi connectivity index (χ1) is 41.3. The van der Waals surface area contributed by atoms with E-state index in [9.17, 15) is 0 Å². The summed E-state index contributed by atoms with van der Waals surface area (Å²) in [6.07, 6.45) is 60.1. The van der Waals surface area contributed by atoms with Crippen LogP contribution in [-0.4, -0.2) is 18.3 Å². The quantitative estimate of drug-likeness (QED) is 0.0594. The molecule has 510 valence electrons. The van der Waals surface area contributed by atoms with E-state index in [2.05, 4.69) is 125 Å². The Labute approximate surface area is 558 Å². The SMILES string of the molecule is [B]C1(C)C(C)C(CC)C(S)(CC2(C)CCCCCCCCCCCCCCCCCCC2)C(CCC)C(CCC)CC(CCC)C(CCC)C(C)C(CCC)C(C)C(CCC)C(CCC)C(CC)C(CCC)C(CC)C(CC(C)CCS)C1CCC. The molecule has 0 N–H and O–H groups in total. The van der Waals surface area contributed by atoms with Crippen LogP contribution in [-0.2, 0) is 0 Å². The van der Waals surface area contributed by atoms with Crippen molar-refractivity contribution in [2.24, 2.45) is 106 Å². The van der Waals surface area contributed by atoms with Gasteiger partial charge >= 0.3 is 0 Å². The third-order valence-electron chi connectivity index (χ3n) is 26.0. The van der Waals surface area contributed by atoms with Gasteiger partial charge in [0.15, 0.2) is 0 Å². The van der Waals surface area contributed by atoms with E-state index in [1.807, 2.05) is 0 Å². The molecule has 2 fully saturated rings. The molecule has 2 radical (unpaired) electrons. The number of hydrogen-bond acceptors (Lipinski definition) is 2. The maximum absolute atomic E-state index is 8.82. The minimum Gasteiger partial charge on any atom is -0.179 e. The van der Waals surface area contributed by atoms with Gasteiger partial charge in [-0.05, 0) is 157 Å². The summed E-state index contributed by atoms with van der Waals surface area (Å²) < 4.78 is -0.119. The predicted molar refractivity (Wildman–Crippen MR) is 401 cm³/mol. The van der Waals surface area contributed by atoms with E-state index in [1.54, 1.807) is 0 Å². The highest BCUT2D eigenvalue weighted by molar-refractivity contribution is 7.81. The molecule has 0 aromatic carbocycles. The van der Waals surface area contributed by atoms with Gasteiger partial charge in [0, 0.05) is 4.75 Å². The lowest BCUT2D eigenvalue weighted by molar-refractivity contribution is -0.00679. The molecular weight excluding hydrogens is 1070 g/mol. The molecule has 2 aliphatic carbocycles. The molecule has 86 heavy (non-hydrogen) atoms. The highest BCUT2D eigenvalue weighted by Gasteiger charge is 2.55. The van der Waals surface area contributed by atoms with Gasteiger partial charge in [-0.15, -0.1) is 0 Å². The Morgan fingerprint density at radius 1 is 0.395 bits per heavy atom. The molecule has 0 saturated heterocycles. The minimum absolute atomic E-state index is 0.119. The van der Waals surface area contributed by atoms with Crippen molar-refractivity contribution < 1.29 is 0 Å². The summed E-state index contributed by atoms with van der Waals surface area (Å²) >= 11 is 11.8. The van der Waals surface area contributed by atoms with Crippen molar-refractivity contribution in [2.45, 2.75) is 417 Å². The molecule has 0 amide bonds. The van der Waals surface area contributed by atoms with E-state index in [4.69, 9.17) is 33.1 Å². The highest BCUT2D eigenvalue weighted by atomic mass is 32.1. The second-order valence-electron chi connectivity index (χ2n) is 32.4. The second-order valence-corrected chi connectivity index (χ2v) is 33.7. The summed E-state index contributed by atoms with van der Waals surface area (Å²) in [7, 11) is 8.82. The summed E-state index contributed by atoms with van der Waals surface area (Å²) in [4.78, 5) is 0. The zero-order chi connectivity index (χ0) is 64.1. The number of hydrogen-bond donors (Lipinski definition) is 2. The lowest BCUT2D eigenvalue weighted by atomic mass is 9.45. The van der Waals surface area contributed by atoms with Crippen LogP contribution in [0.2, 0.25) is 5.31 Å². The molecular formula is C83H163BS2. The topological polar surface area (TPSA) is 0 Å². The van der Waals surface area contributed by atoms with Crippen molar-refractivity contribution in [3.8, 4) is 0 Å². The average Bonchev–Trinajstić information content (AvgIpc) is 1.05. The Morgan fingerprint density at radius 3 is 1.17 bits per heavy atom. The van der Waals surface area contributed by atoms with Gasteiger partial charge in [0.2, 0.25) is 0 Å². The Bertz CT molecular complexity index is 1550. The summed E-state index contributed by atoms with van der Waals surface area (Å²) in [5, 5.41) is -0.333. The maximum atomic E-state index is 8.82. The van der Waals surface area contributed by atoms with Crippen molar-refractivity contribution >= 4 is 33.1 Å². The predicted octanol–water partition coefficient (Wildman–Crippen LogP) is 28.9. The maximum Gasteiger partial charge on any atom is 0.0750 e. The first-order valence-electron chi connectivity index (χ1n) is 40.5. The molecule has 0 aliphatic heterocycles. The van der Waals surface area contributed by atoms with Gasteiger partial charge < -0.3 is 0 Å². The van der Waals surface area contributed by atoms with Crippen LogP contribution in [0.4, 0.5) is 0 Å². The van der Waals surface area contributed by atoms with Crippen LogP contribution in [0.15, 0.2) is 0 Å². The van der Waals surface area contributed by atoms with Crippen LogP contribution in [0.1, 0.15) is 407 Å². The Morgan fingerprint density at radius 2 is 0.756 bits per heavy atom. The van der Waals surface area contributed by atoms with E-state index in [0.717, 1.165) is 59.0 Å². The largest absolute Gasteiger partial charge is 0.179 e. The normalized spacial score (nSPS) is 36.1. The van der Waals surface area contributed by atoms with Gasteiger partial charge in [0.25, 0.3) is 0 Å². The molecule has 3 heteroatoms. The van der Waals surface area contributed by atoms with Crippen LogP contribution in [0.3, 0.4) is 0 Å². The van der Waals surface area contributed by atoms with Crippen LogP contribution in [0, 0.1) is 106 Å². The number of rotatable bonds is 27. The first-order valence-corrected chi connectivity index (χ1v) is 41.5. The number of thiol groups is 2. The fraction of sp³-hybridized carbons (Fsp3) is 1.00. The van der Waals surface area contributed by atoms with Crippen LogP contribution in [0.5, 0.6) is 0 Å². The molecule has 0 heterocycles. The van der Waals surface area contributed by atoms with Gasteiger partial charge in [-0.25, -0.2) is 0 Å². The van der Waals surface area contributed by atoms with E-state index in [-0.39, 0.29) is 15.5 Å². The van der Waals surface area contributed by atoms with Gasteiger partial charge in [-0.2, -0.15) is 25.3 Å². The molecule has 0 bridgehead atoms. The van der Waals surface area contributed by atoms with Crippen molar-refractivity contribution in [3.05, 3.63) is 0 Å². The monoisotopic (exact) mass is 1240 g/mol. The summed E-state index contributed by atoms with van der Waals surface area (Å²) in [5.74, 6) is 12.2. The molecule has 0 nitrogen and oxygen atoms in total. The Hall–Kier alpha value is 0.765. The molecule has 2 rings (SSSR count). The molecule has 0 aromatic heterocycles. The standard InChI is InChI=1S/C83H163BS2/c1-19-48-68-62-69(49-20-2)79(55-26-8)83(86,63-81(17)58-46-44-42-40-38-36-34-32-31-33-35-37-39-41-43-45-47-59-81)78(30-12)67(16)82(18,84)80(56-27-9)77(61-64(13)57-60-85)71(29-11)75(53-24-6)70(28-10)76(54-25-7)74(52-23-5)66(15)72(50-21-3)65(14)73(68)51-22-4/h64-80,85-86H,19-63H2,1-18H3. The third kappa shape index (κ3) is 26.2. The van der Waals surface area contributed by atoms with Crippen molar-refractivity contribution in [1.29, 1.82) is 0 Å². The van der Waals surface area contributed by atoms with E-state index >= 15 is 0 Å². The van der Waals surface area contributed by atoms with E-state index in [0.29, 0.717) is 47.3 Å².